The SMILES string of the molecule is CCC.FC1C=CC=CN1. The molecule has 0 amide bonds. The molecule has 1 unspecified atom stereocenters. The molecule has 1 atom stereocenters. The predicted molar refractivity (Wildman–Crippen MR) is 42.3 cm³/mol. The van der Waals surface area contributed by atoms with Gasteiger partial charge in [0.05, 0.1) is 0 Å². The van der Waals surface area contributed by atoms with Gasteiger partial charge in [0.1, 0.15) is 0 Å². The summed E-state index contributed by atoms with van der Waals surface area (Å²) in [6, 6.07) is 0. The molecular formula is C8H14FN. The van der Waals surface area contributed by atoms with Crippen molar-refractivity contribution >= 4 is 0 Å². The number of halogens is 1. The average molecular weight is 143 g/mol. The van der Waals surface area contributed by atoms with Crippen LogP contribution in [0, 0.1) is 0 Å². The van der Waals surface area contributed by atoms with Crippen LogP contribution >= 0.6 is 0 Å². The smallest absolute Gasteiger partial charge is 0.188 e. The number of allylic oxidation sites excluding steroid dienone is 2. The first-order valence-corrected chi connectivity index (χ1v) is 3.54. The number of dihydropyridines is 1. The fourth-order valence-electron chi connectivity index (χ4n) is 0.420. The van der Waals surface area contributed by atoms with Crippen molar-refractivity contribution < 1.29 is 4.39 Å². The molecule has 0 aromatic rings. The fourth-order valence-corrected chi connectivity index (χ4v) is 0.420. The summed E-state index contributed by atoms with van der Waals surface area (Å²) < 4.78 is 11.9. The zero-order valence-corrected chi connectivity index (χ0v) is 6.47. The number of nitrogens with one attached hydrogen (secondary N) is 1. The molecule has 0 aromatic heterocycles. The van der Waals surface area contributed by atoms with Gasteiger partial charge in [0.15, 0.2) is 6.30 Å². The monoisotopic (exact) mass is 143 g/mol. The molecule has 0 aliphatic carbocycles. The van der Waals surface area contributed by atoms with E-state index in [1.807, 2.05) is 0 Å². The molecule has 0 saturated carbocycles. The lowest BCUT2D eigenvalue weighted by atomic mass is 10.4. The molecule has 0 radical (unpaired) electrons. The molecule has 10 heavy (non-hydrogen) atoms. The van der Waals surface area contributed by atoms with Crippen molar-refractivity contribution in [1.29, 1.82) is 0 Å². The molecule has 1 rings (SSSR count). The Morgan fingerprint density at radius 3 is 2.20 bits per heavy atom. The molecule has 0 fully saturated rings. The highest BCUT2D eigenvalue weighted by Crippen LogP contribution is 1.92. The number of rotatable bonds is 0. The Morgan fingerprint density at radius 1 is 1.40 bits per heavy atom. The van der Waals surface area contributed by atoms with E-state index < -0.39 is 6.30 Å². The molecule has 1 aliphatic rings. The lowest BCUT2D eigenvalue weighted by Crippen LogP contribution is -2.17. The first-order valence-electron chi connectivity index (χ1n) is 3.54. The minimum absolute atomic E-state index is 0.981. The lowest BCUT2D eigenvalue weighted by Gasteiger charge is -2.03. The van der Waals surface area contributed by atoms with E-state index in [0.29, 0.717) is 0 Å². The molecule has 1 nitrogen and oxygen atoms in total. The van der Waals surface area contributed by atoms with E-state index in [0.717, 1.165) is 0 Å². The van der Waals surface area contributed by atoms with Gasteiger partial charge < -0.3 is 5.32 Å². The average Bonchev–Trinajstić information content (AvgIpc) is 1.91. The lowest BCUT2D eigenvalue weighted by molar-refractivity contribution is 0.364. The third-order valence-corrected chi connectivity index (χ3v) is 0.743. The van der Waals surface area contributed by atoms with E-state index in [-0.39, 0.29) is 0 Å². The van der Waals surface area contributed by atoms with Gasteiger partial charge in [0.25, 0.3) is 0 Å². The Labute approximate surface area is 61.6 Å². The number of alkyl halides is 1. The second-order valence-electron chi connectivity index (χ2n) is 2.02. The van der Waals surface area contributed by atoms with Crippen LogP contribution < -0.4 is 5.32 Å². The first-order chi connectivity index (χ1) is 4.81. The van der Waals surface area contributed by atoms with Crippen molar-refractivity contribution in [2.45, 2.75) is 26.6 Å². The molecule has 0 spiro atoms. The highest BCUT2D eigenvalue weighted by atomic mass is 19.1. The van der Waals surface area contributed by atoms with E-state index >= 15 is 0 Å². The molecule has 1 heterocycles. The van der Waals surface area contributed by atoms with Crippen molar-refractivity contribution in [2.24, 2.45) is 0 Å². The molecule has 58 valence electrons. The zero-order valence-electron chi connectivity index (χ0n) is 6.47. The molecule has 1 N–H and O–H groups in total. The van der Waals surface area contributed by atoms with Crippen molar-refractivity contribution in [1.82, 2.24) is 5.32 Å². The Morgan fingerprint density at radius 2 is 2.00 bits per heavy atom. The van der Waals surface area contributed by atoms with Crippen LogP contribution in [0.2, 0.25) is 0 Å². The van der Waals surface area contributed by atoms with Gasteiger partial charge in [-0.25, -0.2) is 4.39 Å². The van der Waals surface area contributed by atoms with Gasteiger partial charge in [-0.05, 0) is 18.4 Å². The Kier molecular flexibility index (Phi) is 5.83. The summed E-state index contributed by atoms with van der Waals surface area (Å²) in [6.07, 6.45) is 6.70. The largest absolute Gasteiger partial charge is 0.359 e. The van der Waals surface area contributed by atoms with E-state index in [1.54, 1.807) is 18.4 Å². The van der Waals surface area contributed by atoms with E-state index in [4.69, 9.17) is 0 Å². The van der Waals surface area contributed by atoms with Crippen molar-refractivity contribution in [3.63, 3.8) is 0 Å². The maximum atomic E-state index is 11.9. The van der Waals surface area contributed by atoms with Crippen LogP contribution in [0.4, 0.5) is 4.39 Å². The summed E-state index contributed by atoms with van der Waals surface area (Å²) in [7, 11) is 0. The van der Waals surface area contributed by atoms with Crippen LogP contribution in [0.15, 0.2) is 24.4 Å². The molecule has 0 aromatic carbocycles. The van der Waals surface area contributed by atoms with Crippen LogP contribution in [0.5, 0.6) is 0 Å². The third kappa shape index (κ3) is 5.35. The van der Waals surface area contributed by atoms with Gasteiger partial charge in [-0.1, -0.05) is 26.3 Å². The Hall–Kier alpha value is -0.790. The second kappa shape index (κ2) is 6.33. The number of hydrogen-bond acceptors (Lipinski definition) is 1. The second-order valence-corrected chi connectivity index (χ2v) is 2.02. The minimum atomic E-state index is -0.981. The topological polar surface area (TPSA) is 12.0 Å². The van der Waals surface area contributed by atoms with Gasteiger partial charge in [-0.15, -0.1) is 0 Å². The predicted octanol–water partition coefficient (Wildman–Crippen LogP) is 2.37. The summed E-state index contributed by atoms with van der Waals surface area (Å²) in [6.45, 7) is 4.25. The fraction of sp³-hybridized carbons (Fsp3) is 0.500. The van der Waals surface area contributed by atoms with Crippen LogP contribution in [-0.2, 0) is 0 Å². The van der Waals surface area contributed by atoms with Crippen molar-refractivity contribution in [3.8, 4) is 0 Å². The third-order valence-electron chi connectivity index (χ3n) is 0.743. The van der Waals surface area contributed by atoms with Gasteiger partial charge in [-0.3, -0.25) is 0 Å². The Bertz CT molecular complexity index is 118. The summed E-state index contributed by atoms with van der Waals surface area (Å²) in [5.41, 5.74) is 0. The zero-order chi connectivity index (χ0) is 7.82. The summed E-state index contributed by atoms with van der Waals surface area (Å²) in [5.74, 6) is 0. The molecule has 2 heteroatoms. The van der Waals surface area contributed by atoms with Crippen LogP contribution in [-0.4, -0.2) is 6.30 Å². The molecular weight excluding hydrogens is 129 g/mol. The molecule has 1 aliphatic heterocycles. The van der Waals surface area contributed by atoms with Gasteiger partial charge >= 0.3 is 0 Å². The highest BCUT2D eigenvalue weighted by Gasteiger charge is 1.95. The quantitative estimate of drug-likeness (QED) is 0.513. The molecule has 0 saturated heterocycles. The van der Waals surface area contributed by atoms with Crippen molar-refractivity contribution in [3.05, 3.63) is 24.4 Å². The highest BCUT2D eigenvalue weighted by molar-refractivity contribution is 5.09. The van der Waals surface area contributed by atoms with E-state index in [2.05, 4.69) is 19.2 Å². The van der Waals surface area contributed by atoms with E-state index in [1.165, 1.54) is 12.5 Å². The van der Waals surface area contributed by atoms with Gasteiger partial charge in [0, 0.05) is 0 Å². The van der Waals surface area contributed by atoms with Gasteiger partial charge in [-0.2, -0.15) is 0 Å². The van der Waals surface area contributed by atoms with Crippen LogP contribution in [0.25, 0.3) is 0 Å². The van der Waals surface area contributed by atoms with Crippen LogP contribution in [0.1, 0.15) is 20.3 Å². The normalized spacial score (nSPS) is 20.9. The van der Waals surface area contributed by atoms with Crippen molar-refractivity contribution in [2.75, 3.05) is 0 Å². The Balaban J connectivity index is 0.000000236. The minimum Gasteiger partial charge on any atom is -0.359 e. The summed E-state index contributed by atoms with van der Waals surface area (Å²) in [5, 5.41) is 2.45. The first kappa shape index (κ1) is 9.21. The van der Waals surface area contributed by atoms with Gasteiger partial charge in [0.2, 0.25) is 0 Å². The van der Waals surface area contributed by atoms with Crippen LogP contribution in [0.3, 0.4) is 0 Å². The summed E-state index contributed by atoms with van der Waals surface area (Å²) >= 11 is 0. The standard InChI is InChI=1S/C5H6FN.C3H8/c6-5-3-1-2-4-7-5;1-3-2/h1-5,7H;3H2,1-2H3. The maximum absolute atomic E-state index is 11.9. The molecule has 0 bridgehead atoms. The summed E-state index contributed by atoms with van der Waals surface area (Å²) in [4.78, 5) is 0. The number of hydrogen-bond donors (Lipinski definition) is 1. The van der Waals surface area contributed by atoms with E-state index in [9.17, 15) is 4.39 Å². The maximum Gasteiger partial charge on any atom is 0.188 e.